The molecule has 0 spiro atoms. The largest absolute Gasteiger partial charge is 0.0683 e. The summed E-state index contributed by atoms with van der Waals surface area (Å²) in [4.78, 5) is 0. The van der Waals surface area contributed by atoms with Crippen molar-refractivity contribution in [2.75, 3.05) is 0 Å². The Balaban J connectivity index is 0.000000861. The molecule has 0 fully saturated rings. The molecule has 0 atom stereocenters. The van der Waals surface area contributed by atoms with Crippen molar-refractivity contribution in [1.82, 2.24) is 0 Å². The number of unbranched alkanes of at least 4 members (excludes halogenated alkanes) is 2. The van der Waals surface area contributed by atoms with E-state index in [0.717, 1.165) is 0 Å². The van der Waals surface area contributed by atoms with Crippen LogP contribution in [0.4, 0.5) is 0 Å². The Bertz CT molecular complexity index is 425. The van der Waals surface area contributed by atoms with E-state index in [9.17, 15) is 0 Å². The predicted octanol–water partition coefficient (Wildman–Crippen LogP) is 6.11. The maximum absolute atomic E-state index is 2.26. The molecule has 102 valence electrons. The van der Waals surface area contributed by atoms with E-state index < -0.39 is 0 Å². The fourth-order valence-electron chi connectivity index (χ4n) is 2.07. The first-order valence-corrected chi connectivity index (χ1v) is 7.54. The third-order valence-electron chi connectivity index (χ3n) is 3.13. The maximum Gasteiger partial charge on any atom is -0.0184 e. The maximum atomic E-state index is 2.26. The molecule has 0 saturated heterocycles. The van der Waals surface area contributed by atoms with Gasteiger partial charge in [0, 0.05) is 0 Å². The summed E-state index contributed by atoms with van der Waals surface area (Å²) in [5.41, 5.74) is 4.07. The van der Waals surface area contributed by atoms with Crippen LogP contribution in [0.15, 0.2) is 54.6 Å². The van der Waals surface area contributed by atoms with Crippen LogP contribution >= 0.6 is 0 Å². The minimum Gasteiger partial charge on any atom is -0.0683 e. The lowest BCUT2D eigenvalue weighted by atomic mass is 10.0. The standard InChI is InChI=1S/C17H20.C2H6/c1-2-3-5-8-15-11-13-17(14-12-15)16-9-6-4-7-10-16;1-2/h4,6-7,9-14H,2-3,5,8H2,1H3;1-2H3. The highest BCUT2D eigenvalue weighted by molar-refractivity contribution is 5.63. The van der Waals surface area contributed by atoms with Crippen molar-refractivity contribution in [3.05, 3.63) is 60.2 Å². The summed E-state index contributed by atoms with van der Waals surface area (Å²) in [5.74, 6) is 0. The summed E-state index contributed by atoms with van der Waals surface area (Å²) < 4.78 is 0. The minimum atomic E-state index is 1.21. The molecule has 0 radical (unpaired) electrons. The molecular formula is C19H26. The SMILES string of the molecule is CC.CCCCCc1ccc(-c2ccccc2)cc1. The van der Waals surface area contributed by atoms with Crippen LogP contribution in [0.2, 0.25) is 0 Å². The molecule has 0 heterocycles. The Morgan fingerprint density at radius 2 is 1.26 bits per heavy atom. The normalized spacial score (nSPS) is 9.63. The van der Waals surface area contributed by atoms with E-state index in [2.05, 4.69) is 61.5 Å². The van der Waals surface area contributed by atoms with Gasteiger partial charge in [-0.15, -0.1) is 0 Å². The van der Waals surface area contributed by atoms with Crippen LogP contribution in [-0.2, 0) is 6.42 Å². The second kappa shape index (κ2) is 9.38. The molecular weight excluding hydrogens is 228 g/mol. The van der Waals surface area contributed by atoms with Crippen LogP contribution in [0.3, 0.4) is 0 Å². The van der Waals surface area contributed by atoms with E-state index in [1.165, 1.54) is 42.4 Å². The quantitative estimate of drug-likeness (QED) is 0.564. The third kappa shape index (κ3) is 5.30. The van der Waals surface area contributed by atoms with E-state index in [0.29, 0.717) is 0 Å². The molecule has 0 heteroatoms. The average molecular weight is 254 g/mol. The molecule has 0 saturated carbocycles. The van der Waals surface area contributed by atoms with Crippen LogP contribution < -0.4 is 0 Å². The van der Waals surface area contributed by atoms with Gasteiger partial charge in [0.15, 0.2) is 0 Å². The Morgan fingerprint density at radius 3 is 1.84 bits per heavy atom. The van der Waals surface area contributed by atoms with Crippen molar-refractivity contribution < 1.29 is 0 Å². The van der Waals surface area contributed by atoms with Crippen LogP contribution in [0, 0.1) is 0 Å². The van der Waals surface area contributed by atoms with Crippen molar-refractivity contribution in [2.24, 2.45) is 0 Å². The summed E-state index contributed by atoms with van der Waals surface area (Å²) in [6, 6.07) is 19.5. The zero-order valence-corrected chi connectivity index (χ0v) is 12.5. The Kier molecular flexibility index (Phi) is 7.65. The lowest BCUT2D eigenvalue weighted by Gasteiger charge is -2.04. The van der Waals surface area contributed by atoms with Crippen LogP contribution in [0.5, 0.6) is 0 Å². The molecule has 2 rings (SSSR count). The number of aryl methyl sites for hydroxylation is 1. The molecule has 0 nitrogen and oxygen atoms in total. The average Bonchev–Trinajstić information content (AvgIpc) is 2.51. The van der Waals surface area contributed by atoms with E-state index in [1.807, 2.05) is 13.8 Å². The van der Waals surface area contributed by atoms with Crippen molar-refractivity contribution in [3.8, 4) is 11.1 Å². The highest BCUT2D eigenvalue weighted by atomic mass is 14.0. The molecule has 0 bridgehead atoms. The number of hydrogen-bond acceptors (Lipinski definition) is 0. The first kappa shape index (κ1) is 15.5. The molecule has 0 N–H and O–H groups in total. The molecule has 0 aliphatic rings. The molecule has 19 heavy (non-hydrogen) atoms. The lowest BCUT2D eigenvalue weighted by Crippen LogP contribution is -1.85. The first-order chi connectivity index (χ1) is 9.40. The van der Waals surface area contributed by atoms with Gasteiger partial charge in [0.2, 0.25) is 0 Å². The number of hydrogen-bond donors (Lipinski definition) is 0. The van der Waals surface area contributed by atoms with Gasteiger partial charge in [-0.1, -0.05) is 88.2 Å². The molecule has 2 aromatic carbocycles. The van der Waals surface area contributed by atoms with E-state index in [1.54, 1.807) is 0 Å². The highest BCUT2D eigenvalue weighted by Gasteiger charge is 1.97. The van der Waals surface area contributed by atoms with Crippen LogP contribution in [0.1, 0.15) is 45.6 Å². The zero-order valence-electron chi connectivity index (χ0n) is 12.5. The highest BCUT2D eigenvalue weighted by Crippen LogP contribution is 2.19. The summed E-state index contributed by atoms with van der Waals surface area (Å²) >= 11 is 0. The topological polar surface area (TPSA) is 0 Å². The van der Waals surface area contributed by atoms with E-state index >= 15 is 0 Å². The summed E-state index contributed by atoms with van der Waals surface area (Å²) in [5, 5.41) is 0. The van der Waals surface area contributed by atoms with Gasteiger partial charge in [0.1, 0.15) is 0 Å². The van der Waals surface area contributed by atoms with Gasteiger partial charge < -0.3 is 0 Å². The Hall–Kier alpha value is -1.56. The van der Waals surface area contributed by atoms with Crippen LogP contribution in [0.25, 0.3) is 11.1 Å². The molecule has 0 unspecified atom stereocenters. The zero-order chi connectivity index (χ0) is 13.9. The van der Waals surface area contributed by atoms with Gasteiger partial charge in [0.05, 0.1) is 0 Å². The smallest absolute Gasteiger partial charge is 0.0184 e. The Labute approximate surface area is 118 Å². The molecule has 0 aliphatic carbocycles. The molecule has 0 amide bonds. The summed E-state index contributed by atoms with van der Waals surface area (Å²) in [6.45, 7) is 6.25. The molecule has 0 aromatic heterocycles. The Morgan fingerprint density at radius 1 is 0.684 bits per heavy atom. The number of rotatable bonds is 5. The number of benzene rings is 2. The van der Waals surface area contributed by atoms with Gasteiger partial charge >= 0.3 is 0 Å². The minimum absolute atomic E-state index is 1.21. The predicted molar refractivity (Wildman–Crippen MR) is 86.5 cm³/mol. The molecule has 2 aromatic rings. The van der Waals surface area contributed by atoms with Crippen molar-refractivity contribution in [2.45, 2.75) is 46.5 Å². The van der Waals surface area contributed by atoms with Gasteiger partial charge in [-0.3, -0.25) is 0 Å². The first-order valence-electron chi connectivity index (χ1n) is 7.54. The van der Waals surface area contributed by atoms with E-state index in [-0.39, 0.29) is 0 Å². The fourth-order valence-corrected chi connectivity index (χ4v) is 2.07. The van der Waals surface area contributed by atoms with Crippen molar-refractivity contribution in [3.63, 3.8) is 0 Å². The van der Waals surface area contributed by atoms with Crippen molar-refractivity contribution in [1.29, 1.82) is 0 Å². The summed E-state index contributed by atoms with van der Waals surface area (Å²) in [7, 11) is 0. The monoisotopic (exact) mass is 254 g/mol. The van der Waals surface area contributed by atoms with Crippen LogP contribution in [-0.4, -0.2) is 0 Å². The van der Waals surface area contributed by atoms with Gasteiger partial charge in [-0.2, -0.15) is 0 Å². The lowest BCUT2D eigenvalue weighted by molar-refractivity contribution is 0.717. The van der Waals surface area contributed by atoms with E-state index in [4.69, 9.17) is 0 Å². The van der Waals surface area contributed by atoms with Gasteiger partial charge in [0.25, 0.3) is 0 Å². The second-order valence-electron chi connectivity index (χ2n) is 4.52. The molecule has 0 aliphatic heterocycles. The second-order valence-corrected chi connectivity index (χ2v) is 4.52. The van der Waals surface area contributed by atoms with Gasteiger partial charge in [-0.05, 0) is 29.5 Å². The fraction of sp³-hybridized carbons (Fsp3) is 0.368. The summed E-state index contributed by atoms with van der Waals surface area (Å²) in [6.07, 6.45) is 5.15. The van der Waals surface area contributed by atoms with Gasteiger partial charge in [-0.25, -0.2) is 0 Å². The third-order valence-corrected chi connectivity index (χ3v) is 3.13. The van der Waals surface area contributed by atoms with Crippen molar-refractivity contribution >= 4 is 0 Å².